The second kappa shape index (κ2) is 16.9. The van der Waals surface area contributed by atoms with E-state index >= 15 is 0 Å². The first-order chi connectivity index (χ1) is 19.6. The van der Waals surface area contributed by atoms with E-state index in [1.165, 1.54) is 0 Å². The van der Waals surface area contributed by atoms with Gasteiger partial charge in [0.05, 0.1) is 35.0 Å². The van der Waals surface area contributed by atoms with Gasteiger partial charge in [-0.15, -0.1) is 0 Å². The molecule has 0 amide bonds. The molecule has 214 valence electrons. The van der Waals surface area contributed by atoms with Crippen molar-refractivity contribution in [1.82, 2.24) is 0 Å². The van der Waals surface area contributed by atoms with Gasteiger partial charge >= 0.3 is 0 Å². The standard InChI is InChI=1S/C34H42O6/c1-36-30-21-28(22-31(25-30)37-2)17-15-26-11-13-27(14-12-26)16-18-29-23-32(38-3)34(33(24-29)39-4)40-20-10-8-6-5-7-9-19-35/h11-18,21-25,35H,5-10,19-20H2,1-4H3/b17-15+,18-16+. The van der Waals surface area contributed by atoms with Crippen LogP contribution in [0.25, 0.3) is 24.3 Å². The van der Waals surface area contributed by atoms with Gasteiger partial charge in [0.25, 0.3) is 0 Å². The predicted octanol–water partition coefficient (Wildman–Crippen LogP) is 7.77. The molecule has 3 rings (SSSR count). The number of aliphatic hydroxyl groups excluding tert-OH is 1. The lowest BCUT2D eigenvalue weighted by molar-refractivity contribution is 0.265. The van der Waals surface area contributed by atoms with Gasteiger partial charge in [-0.1, -0.05) is 74.3 Å². The monoisotopic (exact) mass is 546 g/mol. The van der Waals surface area contributed by atoms with Crippen molar-refractivity contribution in [1.29, 1.82) is 0 Å². The van der Waals surface area contributed by atoms with E-state index < -0.39 is 0 Å². The third-order valence-electron chi connectivity index (χ3n) is 6.53. The Labute approximate surface area is 238 Å². The maximum absolute atomic E-state index is 8.87. The van der Waals surface area contributed by atoms with Gasteiger partial charge in [-0.05, 0) is 59.4 Å². The lowest BCUT2D eigenvalue weighted by Gasteiger charge is -2.15. The number of hydrogen-bond donors (Lipinski definition) is 1. The Morgan fingerprint density at radius 3 is 1.45 bits per heavy atom. The first-order valence-electron chi connectivity index (χ1n) is 13.8. The Balaban J connectivity index is 1.61. The van der Waals surface area contributed by atoms with E-state index in [1.807, 2.05) is 42.5 Å². The van der Waals surface area contributed by atoms with E-state index in [0.717, 1.165) is 72.3 Å². The Hall–Kier alpha value is -3.90. The molecule has 0 aliphatic heterocycles. The molecule has 0 saturated heterocycles. The number of hydrogen-bond acceptors (Lipinski definition) is 6. The van der Waals surface area contributed by atoms with Gasteiger partial charge in [-0.3, -0.25) is 0 Å². The Kier molecular flexibility index (Phi) is 13.0. The zero-order valence-electron chi connectivity index (χ0n) is 24.2. The predicted molar refractivity (Wildman–Crippen MR) is 164 cm³/mol. The highest BCUT2D eigenvalue weighted by atomic mass is 16.5. The first-order valence-corrected chi connectivity index (χ1v) is 13.8. The van der Waals surface area contributed by atoms with E-state index in [0.29, 0.717) is 23.9 Å². The zero-order valence-corrected chi connectivity index (χ0v) is 24.2. The molecule has 0 aromatic heterocycles. The van der Waals surface area contributed by atoms with Gasteiger partial charge in [0.2, 0.25) is 5.75 Å². The van der Waals surface area contributed by atoms with Crippen LogP contribution in [-0.4, -0.2) is 46.8 Å². The van der Waals surface area contributed by atoms with Gasteiger partial charge in [0.15, 0.2) is 11.5 Å². The molecule has 40 heavy (non-hydrogen) atoms. The van der Waals surface area contributed by atoms with Crippen LogP contribution in [-0.2, 0) is 0 Å². The maximum atomic E-state index is 8.87. The summed E-state index contributed by atoms with van der Waals surface area (Å²) in [5.74, 6) is 3.45. The molecule has 3 aromatic carbocycles. The number of methoxy groups -OCH3 is 4. The zero-order chi connectivity index (χ0) is 28.6. The number of benzene rings is 3. The van der Waals surface area contributed by atoms with Crippen molar-refractivity contribution in [3.63, 3.8) is 0 Å². The Bertz CT molecular complexity index is 1180. The summed E-state index contributed by atoms with van der Waals surface area (Å²) in [4.78, 5) is 0. The molecule has 0 saturated carbocycles. The van der Waals surface area contributed by atoms with Crippen molar-refractivity contribution in [2.24, 2.45) is 0 Å². The van der Waals surface area contributed by atoms with Crippen LogP contribution in [0.3, 0.4) is 0 Å². The first kappa shape index (κ1) is 30.6. The van der Waals surface area contributed by atoms with Crippen LogP contribution in [0.15, 0.2) is 54.6 Å². The van der Waals surface area contributed by atoms with Gasteiger partial charge in [0, 0.05) is 12.7 Å². The molecule has 1 N–H and O–H groups in total. The summed E-state index contributed by atoms with van der Waals surface area (Å²) in [6.07, 6.45) is 14.5. The highest BCUT2D eigenvalue weighted by Crippen LogP contribution is 2.39. The number of rotatable bonds is 17. The fraction of sp³-hybridized carbons (Fsp3) is 0.353. The molecule has 0 fully saturated rings. The highest BCUT2D eigenvalue weighted by molar-refractivity contribution is 5.75. The van der Waals surface area contributed by atoms with Crippen molar-refractivity contribution >= 4 is 24.3 Å². The van der Waals surface area contributed by atoms with Crippen LogP contribution >= 0.6 is 0 Å². The third-order valence-corrected chi connectivity index (χ3v) is 6.53. The van der Waals surface area contributed by atoms with Gasteiger partial charge in [0.1, 0.15) is 11.5 Å². The fourth-order valence-electron chi connectivity index (χ4n) is 4.26. The fourth-order valence-corrected chi connectivity index (χ4v) is 4.26. The average Bonchev–Trinajstić information content (AvgIpc) is 3.00. The summed E-state index contributed by atoms with van der Waals surface area (Å²) in [6, 6.07) is 18.0. The summed E-state index contributed by atoms with van der Waals surface area (Å²) in [5.41, 5.74) is 4.14. The molecular formula is C34H42O6. The molecule has 0 aliphatic carbocycles. The molecule has 0 radical (unpaired) electrons. The minimum absolute atomic E-state index is 0.278. The van der Waals surface area contributed by atoms with Crippen LogP contribution in [0.2, 0.25) is 0 Å². The maximum Gasteiger partial charge on any atom is 0.203 e. The summed E-state index contributed by atoms with van der Waals surface area (Å²) >= 11 is 0. The summed E-state index contributed by atoms with van der Waals surface area (Å²) < 4.78 is 28.0. The van der Waals surface area contributed by atoms with E-state index in [9.17, 15) is 0 Å². The third kappa shape index (κ3) is 9.69. The van der Waals surface area contributed by atoms with E-state index in [2.05, 4.69) is 36.4 Å². The number of aliphatic hydroxyl groups is 1. The molecule has 0 spiro atoms. The van der Waals surface area contributed by atoms with Crippen LogP contribution in [0.1, 0.15) is 60.8 Å². The molecule has 6 heteroatoms. The molecule has 0 aliphatic rings. The van der Waals surface area contributed by atoms with Crippen LogP contribution in [0.5, 0.6) is 28.7 Å². The second-order valence-corrected chi connectivity index (χ2v) is 9.43. The topological polar surface area (TPSA) is 66.4 Å². The van der Waals surface area contributed by atoms with Crippen LogP contribution < -0.4 is 23.7 Å². The Morgan fingerprint density at radius 1 is 0.525 bits per heavy atom. The molecule has 0 heterocycles. The number of ether oxygens (including phenoxy) is 5. The minimum atomic E-state index is 0.278. The summed E-state index contributed by atoms with van der Waals surface area (Å²) in [6.45, 7) is 0.883. The Morgan fingerprint density at radius 2 is 0.975 bits per heavy atom. The SMILES string of the molecule is COc1cc(/C=C/c2ccc(/C=C/c3cc(OC)c(OCCCCCCCCO)c(OC)c3)cc2)cc(OC)c1. The molecule has 6 nitrogen and oxygen atoms in total. The van der Waals surface area contributed by atoms with Gasteiger partial charge in [-0.2, -0.15) is 0 Å². The molecule has 0 unspecified atom stereocenters. The lowest BCUT2D eigenvalue weighted by atomic mass is 10.1. The summed E-state index contributed by atoms with van der Waals surface area (Å²) in [7, 11) is 6.58. The molecular weight excluding hydrogens is 504 g/mol. The second-order valence-electron chi connectivity index (χ2n) is 9.43. The number of unbranched alkanes of at least 4 members (excludes halogenated alkanes) is 5. The van der Waals surface area contributed by atoms with Gasteiger partial charge < -0.3 is 28.8 Å². The van der Waals surface area contributed by atoms with E-state index in [-0.39, 0.29) is 6.61 Å². The van der Waals surface area contributed by atoms with Crippen molar-refractivity contribution < 1.29 is 28.8 Å². The van der Waals surface area contributed by atoms with Crippen molar-refractivity contribution in [2.75, 3.05) is 41.7 Å². The quantitative estimate of drug-likeness (QED) is 0.138. The van der Waals surface area contributed by atoms with Crippen molar-refractivity contribution in [3.8, 4) is 28.7 Å². The van der Waals surface area contributed by atoms with Crippen LogP contribution in [0, 0.1) is 0 Å². The minimum Gasteiger partial charge on any atom is -0.497 e. The van der Waals surface area contributed by atoms with Crippen molar-refractivity contribution in [2.45, 2.75) is 38.5 Å². The largest absolute Gasteiger partial charge is 0.497 e. The molecule has 3 aromatic rings. The smallest absolute Gasteiger partial charge is 0.203 e. The lowest BCUT2D eigenvalue weighted by Crippen LogP contribution is -2.02. The van der Waals surface area contributed by atoms with Crippen molar-refractivity contribution in [3.05, 3.63) is 76.9 Å². The van der Waals surface area contributed by atoms with E-state index in [1.54, 1.807) is 28.4 Å². The molecule has 0 atom stereocenters. The normalized spacial score (nSPS) is 11.2. The van der Waals surface area contributed by atoms with E-state index in [4.69, 9.17) is 28.8 Å². The average molecular weight is 547 g/mol. The highest BCUT2D eigenvalue weighted by Gasteiger charge is 2.13. The van der Waals surface area contributed by atoms with Crippen LogP contribution in [0.4, 0.5) is 0 Å². The summed E-state index contributed by atoms with van der Waals surface area (Å²) in [5, 5.41) is 8.87. The van der Waals surface area contributed by atoms with Gasteiger partial charge in [-0.25, -0.2) is 0 Å². The molecule has 0 bridgehead atoms.